The van der Waals surface area contributed by atoms with Crippen molar-refractivity contribution in [3.05, 3.63) is 54.1 Å². The SMILES string of the molecule is C=CCOC(=O)[C@@H]1[C@H]2C(=O)N(CCO)C(C(=O)N(CC=C)c3c(C)cccc3Cl)C23S[C@@H]1CC3C. The van der Waals surface area contributed by atoms with Crippen LogP contribution in [0.5, 0.6) is 0 Å². The van der Waals surface area contributed by atoms with Crippen molar-refractivity contribution < 1.29 is 24.2 Å². The van der Waals surface area contributed by atoms with Crippen LogP contribution in [0, 0.1) is 24.7 Å². The van der Waals surface area contributed by atoms with Crippen LogP contribution < -0.4 is 4.90 Å². The number of fused-ring (bicyclic) bond motifs is 1. The Bertz CT molecular complexity index is 1040. The van der Waals surface area contributed by atoms with Gasteiger partial charge in [-0.05, 0) is 30.9 Å². The summed E-state index contributed by atoms with van der Waals surface area (Å²) in [5, 5.41) is 10.1. The molecule has 0 aliphatic carbocycles. The van der Waals surface area contributed by atoms with Crippen LogP contribution in [-0.4, -0.2) is 70.1 Å². The molecule has 0 saturated carbocycles. The number of para-hydroxylation sites is 1. The van der Waals surface area contributed by atoms with E-state index >= 15 is 0 Å². The molecule has 2 amide bonds. The molecule has 3 fully saturated rings. The molecule has 3 unspecified atom stereocenters. The van der Waals surface area contributed by atoms with Gasteiger partial charge in [-0.15, -0.1) is 18.3 Å². The molecule has 0 aromatic heterocycles. The zero-order valence-electron chi connectivity index (χ0n) is 20.0. The minimum atomic E-state index is -0.857. The molecule has 3 aliphatic heterocycles. The van der Waals surface area contributed by atoms with E-state index in [0.29, 0.717) is 17.1 Å². The van der Waals surface area contributed by atoms with Gasteiger partial charge in [0, 0.05) is 18.3 Å². The van der Waals surface area contributed by atoms with E-state index in [9.17, 15) is 19.5 Å². The molecule has 1 spiro atoms. The molecule has 2 bridgehead atoms. The average molecular weight is 519 g/mol. The van der Waals surface area contributed by atoms with Gasteiger partial charge < -0.3 is 19.6 Å². The normalized spacial score (nSPS) is 30.8. The number of benzene rings is 1. The van der Waals surface area contributed by atoms with E-state index in [-0.39, 0.29) is 49.3 Å². The van der Waals surface area contributed by atoms with Crippen LogP contribution >= 0.6 is 23.4 Å². The lowest BCUT2D eigenvalue weighted by atomic mass is 9.66. The molecular formula is C26H31ClN2O5S. The van der Waals surface area contributed by atoms with Gasteiger partial charge in [0.2, 0.25) is 5.91 Å². The Kier molecular flexibility index (Phi) is 7.36. The van der Waals surface area contributed by atoms with Crippen molar-refractivity contribution in [1.82, 2.24) is 4.90 Å². The van der Waals surface area contributed by atoms with E-state index in [1.807, 2.05) is 26.0 Å². The first-order valence-corrected chi connectivity index (χ1v) is 13.0. The van der Waals surface area contributed by atoms with Gasteiger partial charge in [0.15, 0.2) is 0 Å². The molecule has 1 aromatic carbocycles. The van der Waals surface area contributed by atoms with Gasteiger partial charge >= 0.3 is 5.97 Å². The van der Waals surface area contributed by atoms with Gasteiger partial charge in [0.25, 0.3) is 5.91 Å². The fourth-order valence-corrected chi connectivity index (χ4v) is 8.91. The highest BCUT2D eigenvalue weighted by atomic mass is 35.5. The van der Waals surface area contributed by atoms with Crippen LogP contribution in [0.25, 0.3) is 0 Å². The summed E-state index contributed by atoms with van der Waals surface area (Å²) in [6.07, 6.45) is 3.82. The molecule has 188 valence electrons. The van der Waals surface area contributed by atoms with E-state index in [1.165, 1.54) is 11.0 Å². The van der Waals surface area contributed by atoms with Crippen molar-refractivity contribution in [1.29, 1.82) is 0 Å². The fourth-order valence-electron chi connectivity index (χ4n) is 6.19. The Hall–Kier alpha value is -2.29. The number of carbonyl (C=O) groups excluding carboxylic acids is 3. The number of anilines is 1. The van der Waals surface area contributed by atoms with Crippen molar-refractivity contribution in [2.75, 3.05) is 31.2 Å². The number of likely N-dealkylation sites (tertiary alicyclic amines) is 1. The van der Waals surface area contributed by atoms with Gasteiger partial charge in [-0.2, -0.15) is 0 Å². The molecule has 3 aliphatic rings. The first kappa shape index (κ1) is 25.8. The predicted octanol–water partition coefficient (Wildman–Crippen LogP) is 3.23. The zero-order chi connectivity index (χ0) is 25.5. The maximum absolute atomic E-state index is 14.4. The number of aliphatic hydroxyl groups excluding tert-OH is 1. The van der Waals surface area contributed by atoms with Gasteiger partial charge in [-0.3, -0.25) is 14.4 Å². The molecular weight excluding hydrogens is 488 g/mol. The second-order valence-electron chi connectivity index (χ2n) is 9.37. The van der Waals surface area contributed by atoms with Gasteiger partial charge in [-0.1, -0.05) is 49.4 Å². The van der Waals surface area contributed by atoms with Crippen LogP contribution in [0.15, 0.2) is 43.5 Å². The smallest absolute Gasteiger partial charge is 0.311 e. The van der Waals surface area contributed by atoms with Gasteiger partial charge in [0.1, 0.15) is 12.6 Å². The van der Waals surface area contributed by atoms with Gasteiger partial charge in [0.05, 0.1) is 33.9 Å². The predicted molar refractivity (Wildman–Crippen MR) is 137 cm³/mol. The summed E-state index contributed by atoms with van der Waals surface area (Å²) in [6, 6.07) is 4.56. The quantitative estimate of drug-likeness (QED) is 0.399. The number of hydrogen-bond donors (Lipinski definition) is 1. The molecule has 1 aromatic rings. The molecule has 7 nitrogen and oxygen atoms in total. The van der Waals surface area contributed by atoms with Crippen LogP contribution in [0.4, 0.5) is 5.69 Å². The Labute approximate surface area is 215 Å². The standard InChI is InChI=1S/C26H31ClN2O5S/c1-5-10-28(21-15(3)8-7-9-17(21)27)24(32)22-26-16(4)14-18(35-26)19(25(33)34-13-6-2)20(26)23(31)29(22)11-12-30/h5-9,16,18-20,22,30H,1-2,10-14H2,3-4H3/t16?,18-,19+,20+,22?,26?/m1/s1. The summed E-state index contributed by atoms with van der Waals surface area (Å²) in [6.45, 7) is 11.3. The van der Waals surface area contributed by atoms with Crippen LogP contribution in [-0.2, 0) is 19.1 Å². The third-order valence-corrected chi connectivity index (χ3v) is 9.85. The lowest BCUT2D eigenvalue weighted by molar-refractivity contribution is -0.153. The van der Waals surface area contributed by atoms with E-state index in [4.69, 9.17) is 16.3 Å². The zero-order valence-corrected chi connectivity index (χ0v) is 21.6. The summed E-state index contributed by atoms with van der Waals surface area (Å²) < 4.78 is 4.57. The first-order chi connectivity index (χ1) is 16.7. The highest BCUT2D eigenvalue weighted by Gasteiger charge is 2.76. The third kappa shape index (κ3) is 3.90. The number of esters is 1. The molecule has 3 heterocycles. The Morgan fingerprint density at radius 2 is 2.11 bits per heavy atom. The summed E-state index contributed by atoms with van der Waals surface area (Å²) in [4.78, 5) is 44.3. The van der Waals surface area contributed by atoms with E-state index < -0.39 is 28.6 Å². The number of aliphatic hydroxyl groups is 1. The third-order valence-electron chi connectivity index (χ3n) is 7.47. The number of carbonyl (C=O) groups is 3. The van der Waals surface area contributed by atoms with E-state index in [0.717, 1.165) is 5.56 Å². The van der Waals surface area contributed by atoms with Crippen molar-refractivity contribution >= 4 is 46.8 Å². The first-order valence-electron chi connectivity index (χ1n) is 11.8. The summed E-state index contributed by atoms with van der Waals surface area (Å²) >= 11 is 8.10. The van der Waals surface area contributed by atoms with Crippen LogP contribution in [0.2, 0.25) is 5.02 Å². The number of amides is 2. The van der Waals surface area contributed by atoms with Crippen molar-refractivity contribution in [3.63, 3.8) is 0 Å². The van der Waals surface area contributed by atoms with E-state index in [1.54, 1.807) is 28.8 Å². The minimum absolute atomic E-state index is 0.00327. The molecule has 3 saturated heterocycles. The van der Waals surface area contributed by atoms with E-state index in [2.05, 4.69) is 13.2 Å². The highest BCUT2D eigenvalue weighted by Crippen LogP contribution is 2.68. The van der Waals surface area contributed by atoms with Crippen LogP contribution in [0.3, 0.4) is 0 Å². The minimum Gasteiger partial charge on any atom is -0.461 e. The second-order valence-corrected chi connectivity index (χ2v) is 11.3. The summed E-state index contributed by atoms with van der Waals surface area (Å²) in [5.41, 5.74) is 1.39. The molecule has 1 N–H and O–H groups in total. The van der Waals surface area contributed by atoms with Gasteiger partial charge in [-0.25, -0.2) is 0 Å². The number of halogens is 1. The molecule has 35 heavy (non-hydrogen) atoms. The van der Waals surface area contributed by atoms with Crippen molar-refractivity contribution in [3.8, 4) is 0 Å². The highest BCUT2D eigenvalue weighted by molar-refractivity contribution is 8.02. The van der Waals surface area contributed by atoms with Crippen molar-refractivity contribution in [2.24, 2.45) is 17.8 Å². The maximum atomic E-state index is 14.4. The second kappa shape index (κ2) is 9.99. The number of ether oxygens (including phenoxy) is 1. The topological polar surface area (TPSA) is 87.1 Å². The molecule has 9 heteroatoms. The lowest BCUT2D eigenvalue weighted by Gasteiger charge is -2.40. The summed E-state index contributed by atoms with van der Waals surface area (Å²) in [5.74, 6) is -2.34. The molecule has 4 rings (SSSR count). The maximum Gasteiger partial charge on any atom is 0.311 e. The Balaban J connectivity index is 1.82. The number of rotatable bonds is 9. The number of nitrogens with zero attached hydrogens (tertiary/aromatic N) is 2. The summed E-state index contributed by atoms with van der Waals surface area (Å²) in [7, 11) is 0. The number of aryl methyl sites for hydroxylation is 1. The lowest BCUT2D eigenvalue weighted by Crippen LogP contribution is -2.57. The largest absolute Gasteiger partial charge is 0.461 e. The number of hydrogen-bond acceptors (Lipinski definition) is 6. The number of thioether (sulfide) groups is 1. The Morgan fingerprint density at radius 1 is 1.37 bits per heavy atom. The molecule has 6 atom stereocenters. The van der Waals surface area contributed by atoms with Crippen LogP contribution in [0.1, 0.15) is 18.9 Å². The molecule has 0 radical (unpaired) electrons. The van der Waals surface area contributed by atoms with Crippen molar-refractivity contribution in [2.45, 2.75) is 36.3 Å². The fraction of sp³-hybridized carbons (Fsp3) is 0.500. The monoisotopic (exact) mass is 518 g/mol. The number of β-amino-alcohol motifs (C(OH)–C–C–N with tert-alkyl or cyclic N) is 1. The average Bonchev–Trinajstić information content (AvgIpc) is 3.40. The Morgan fingerprint density at radius 3 is 2.74 bits per heavy atom.